The van der Waals surface area contributed by atoms with Crippen LogP contribution in [0.3, 0.4) is 0 Å². The van der Waals surface area contributed by atoms with E-state index in [1.165, 1.54) is 28.6 Å². The van der Waals surface area contributed by atoms with Gasteiger partial charge in [0.25, 0.3) is 0 Å². The van der Waals surface area contributed by atoms with Gasteiger partial charge >= 0.3 is 0 Å². The third-order valence-electron chi connectivity index (χ3n) is 3.68. The summed E-state index contributed by atoms with van der Waals surface area (Å²) in [7, 11) is -3.56. The van der Waals surface area contributed by atoms with Crippen LogP contribution in [0, 0.1) is 11.7 Å². The highest BCUT2D eigenvalue weighted by molar-refractivity contribution is 7.89. The van der Waals surface area contributed by atoms with Crippen LogP contribution in [0.1, 0.15) is 19.8 Å². The van der Waals surface area contributed by atoms with E-state index in [9.17, 15) is 12.8 Å². The van der Waals surface area contributed by atoms with E-state index in [0.29, 0.717) is 13.1 Å². The minimum atomic E-state index is -3.56. The molecule has 19 heavy (non-hydrogen) atoms. The fourth-order valence-corrected chi connectivity index (χ4v) is 4.15. The standard InChI is InChI=1S/C13H19FN2O2S/c1-10-2-3-11(8-15)9-16(10)19(17,18)13-6-4-12(14)5-7-13/h4-7,10-11H,2-3,8-9,15H2,1H3. The Morgan fingerprint density at radius 1 is 1.32 bits per heavy atom. The number of halogens is 1. The molecule has 2 unspecified atom stereocenters. The average molecular weight is 286 g/mol. The first-order chi connectivity index (χ1) is 8.95. The van der Waals surface area contributed by atoms with Crippen molar-refractivity contribution in [1.29, 1.82) is 0 Å². The Bertz CT molecular complexity index is 530. The molecule has 2 atom stereocenters. The van der Waals surface area contributed by atoms with Crippen LogP contribution >= 0.6 is 0 Å². The van der Waals surface area contributed by atoms with E-state index in [2.05, 4.69) is 0 Å². The fraction of sp³-hybridized carbons (Fsp3) is 0.538. The zero-order valence-electron chi connectivity index (χ0n) is 10.9. The smallest absolute Gasteiger partial charge is 0.243 e. The van der Waals surface area contributed by atoms with Gasteiger partial charge in [0.15, 0.2) is 0 Å². The average Bonchev–Trinajstić information content (AvgIpc) is 2.39. The van der Waals surface area contributed by atoms with Gasteiger partial charge in [0.1, 0.15) is 5.82 Å². The summed E-state index contributed by atoms with van der Waals surface area (Å²) in [4.78, 5) is 0.137. The summed E-state index contributed by atoms with van der Waals surface area (Å²) in [6.07, 6.45) is 1.76. The van der Waals surface area contributed by atoms with Crippen molar-refractivity contribution < 1.29 is 12.8 Å². The Balaban J connectivity index is 2.29. The Morgan fingerprint density at radius 2 is 1.95 bits per heavy atom. The van der Waals surface area contributed by atoms with Crippen LogP contribution in [0.25, 0.3) is 0 Å². The Hall–Kier alpha value is -0.980. The van der Waals surface area contributed by atoms with Crippen LogP contribution in [-0.2, 0) is 10.0 Å². The second-order valence-corrected chi connectivity index (χ2v) is 6.95. The van der Waals surface area contributed by atoms with Gasteiger partial charge in [0.2, 0.25) is 10.0 Å². The lowest BCUT2D eigenvalue weighted by Crippen LogP contribution is -2.46. The van der Waals surface area contributed by atoms with Gasteiger partial charge in [-0.05, 0) is 56.5 Å². The molecule has 6 heteroatoms. The lowest BCUT2D eigenvalue weighted by Gasteiger charge is -2.36. The summed E-state index contributed by atoms with van der Waals surface area (Å²) in [5.41, 5.74) is 5.64. The van der Waals surface area contributed by atoms with E-state index in [0.717, 1.165) is 12.8 Å². The van der Waals surface area contributed by atoms with Crippen LogP contribution in [0.15, 0.2) is 29.2 Å². The van der Waals surface area contributed by atoms with Crippen molar-refractivity contribution in [3.8, 4) is 0 Å². The zero-order chi connectivity index (χ0) is 14.0. The van der Waals surface area contributed by atoms with Gasteiger partial charge in [-0.15, -0.1) is 0 Å². The van der Waals surface area contributed by atoms with Crippen LogP contribution in [-0.4, -0.2) is 31.9 Å². The predicted molar refractivity (Wildman–Crippen MR) is 71.5 cm³/mol. The molecule has 1 aromatic carbocycles. The molecule has 2 N–H and O–H groups in total. The molecule has 0 radical (unpaired) electrons. The maximum absolute atomic E-state index is 12.9. The van der Waals surface area contributed by atoms with Crippen molar-refractivity contribution in [1.82, 2.24) is 4.31 Å². The van der Waals surface area contributed by atoms with Crippen molar-refractivity contribution in [3.63, 3.8) is 0 Å². The van der Waals surface area contributed by atoms with E-state index in [1.807, 2.05) is 6.92 Å². The molecule has 0 amide bonds. The van der Waals surface area contributed by atoms with E-state index >= 15 is 0 Å². The predicted octanol–water partition coefficient (Wildman–Crippen LogP) is 1.57. The molecule has 1 fully saturated rings. The third-order valence-corrected chi connectivity index (χ3v) is 5.67. The molecule has 2 rings (SSSR count). The fourth-order valence-electron chi connectivity index (χ4n) is 2.42. The minimum Gasteiger partial charge on any atom is -0.330 e. The molecule has 0 spiro atoms. The maximum atomic E-state index is 12.9. The molecule has 0 saturated carbocycles. The number of nitrogens with zero attached hydrogens (tertiary/aromatic N) is 1. The molecule has 1 aromatic rings. The van der Waals surface area contributed by atoms with Crippen molar-refractivity contribution in [3.05, 3.63) is 30.1 Å². The monoisotopic (exact) mass is 286 g/mol. The lowest BCUT2D eigenvalue weighted by molar-refractivity contribution is 0.211. The van der Waals surface area contributed by atoms with Crippen molar-refractivity contribution >= 4 is 10.0 Å². The summed E-state index contributed by atoms with van der Waals surface area (Å²) in [5, 5.41) is 0. The topological polar surface area (TPSA) is 63.4 Å². The van der Waals surface area contributed by atoms with Gasteiger partial charge < -0.3 is 5.73 Å². The van der Waals surface area contributed by atoms with Crippen molar-refractivity contribution in [2.45, 2.75) is 30.7 Å². The second-order valence-electron chi connectivity index (χ2n) is 5.06. The summed E-state index contributed by atoms with van der Waals surface area (Å²) in [6, 6.07) is 4.91. The number of piperidine rings is 1. The zero-order valence-corrected chi connectivity index (χ0v) is 11.7. The van der Waals surface area contributed by atoms with E-state index in [-0.39, 0.29) is 16.9 Å². The first-order valence-electron chi connectivity index (χ1n) is 6.42. The number of hydrogen-bond acceptors (Lipinski definition) is 3. The molecular weight excluding hydrogens is 267 g/mol. The van der Waals surface area contributed by atoms with Gasteiger partial charge in [-0.1, -0.05) is 0 Å². The van der Waals surface area contributed by atoms with Gasteiger partial charge in [-0.25, -0.2) is 12.8 Å². The van der Waals surface area contributed by atoms with Crippen LogP contribution in [0.5, 0.6) is 0 Å². The first kappa shape index (κ1) is 14.4. The molecule has 1 heterocycles. The Labute approximate surface area is 113 Å². The van der Waals surface area contributed by atoms with E-state index in [4.69, 9.17) is 5.73 Å². The summed E-state index contributed by atoms with van der Waals surface area (Å²) < 4.78 is 39.4. The summed E-state index contributed by atoms with van der Waals surface area (Å²) in [6.45, 7) is 2.83. The highest BCUT2D eigenvalue weighted by atomic mass is 32.2. The Kier molecular flexibility index (Phi) is 4.23. The maximum Gasteiger partial charge on any atom is 0.243 e. The minimum absolute atomic E-state index is 0.0437. The van der Waals surface area contributed by atoms with Crippen LogP contribution in [0.2, 0.25) is 0 Å². The van der Waals surface area contributed by atoms with Crippen molar-refractivity contribution in [2.24, 2.45) is 11.7 Å². The Morgan fingerprint density at radius 3 is 2.53 bits per heavy atom. The largest absolute Gasteiger partial charge is 0.330 e. The number of benzene rings is 1. The second kappa shape index (κ2) is 5.56. The number of hydrogen-bond donors (Lipinski definition) is 1. The SMILES string of the molecule is CC1CCC(CN)CN1S(=O)(=O)c1ccc(F)cc1. The highest BCUT2D eigenvalue weighted by Crippen LogP contribution is 2.27. The molecule has 1 saturated heterocycles. The number of sulfonamides is 1. The molecule has 0 aromatic heterocycles. The van der Waals surface area contributed by atoms with E-state index in [1.54, 1.807) is 0 Å². The molecule has 106 valence electrons. The number of rotatable bonds is 3. The molecule has 1 aliphatic heterocycles. The highest BCUT2D eigenvalue weighted by Gasteiger charge is 2.34. The lowest BCUT2D eigenvalue weighted by atomic mass is 9.96. The first-order valence-corrected chi connectivity index (χ1v) is 7.86. The number of nitrogens with two attached hydrogens (primary N) is 1. The van der Waals surface area contributed by atoms with Crippen molar-refractivity contribution in [2.75, 3.05) is 13.1 Å². The van der Waals surface area contributed by atoms with Crippen LogP contribution in [0.4, 0.5) is 4.39 Å². The van der Waals surface area contributed by atoms with E-state index < -0.39 is 15.8 Å². The third kappa shape index (κ3) is 2.96. The normalized spacial score (nSPS) is 25.4. The van der Waals surface area contributed by atoms with Crippen LogP contribution < -0.4 is 5.73 Å². The molecular formula is C13H19FN2O2S. The molecule has 1 aliphatic rings. The van der Waals surface area contributed by atoms with Gasteiger partial charge in [-0.3, -0.25) is 0 Å². The van der Waals surface area contributed by atoms with Gasteiger partial charge in [-0.2, -0.15) is 4.31 Å². The molecule has 4 nitrogen and oxygen atoms in total. The molecule has 0 aliphatic carbocycles. The van der Waals surface area contributed by atoms with Gasteiger partial charge in [0, 0.05) is 12.6 Å². The molecule has 0 bridgehead atoms. The quantitative estimate of drug-likeness (QED) is 0.917. The summed E-state index contributed by atoms with van der Waals surface area (Å²) in [5.74, 6) is -0.239. The van der Waals surface area contributed by atoms with Gasteiger partial charge in [0.05, 0.1) is 4.90 Å². The summed E-state index contributed by atoms with van der Waals surface area (Å²) >= 11 is 0.